The molecule has 0 bridgehead atoms. The Morgan fingerprint density at radius 2 is 1.85 bits per heavy atom. The van der Waals surface area contributed by atoms with Gasteiger partial charge in [0.25, 0.3) is 0 Å². The van der Waals surface area contributed by atoms with Gasteiger partial charge >= 0.3 is 0 Å². The minimum atomic E-state index is 1.00. The average Bonchev–Trinajstić information content (AvgIpc) is 2.18. The van der Waals surface area contributed by atoms with Crippen LogP contribution in [0.4, 0.5) is 5.69 Å². The molecule has 0 saturated carbocycles. The second-order valence-electron chi connectivity index (χ2n) is 3.18. The van der Waals surface area contributed by atoms with E-state index in [0.717, 1.165) is 19.4 Å². The van der Waals surface area contributed by atoms with Gasteiger partial charge in [0.15, 0.2) is 0 Å². The molecule has 0 fully saturated rings. The summed E-state index contributed by atoms with van der Waals surface area (Å²) >= 11 is 0. The number of hydrogen-bond acceptors (Lipinski definition) is 1. The molecule has 0 radical (unpaired) electrons. The molecule has 1 aromatic rings. The quantitative estimate of drug-likeness (QED) is 0.744. The van der Waals surface area contributed by atoms with E-state index < -0.39 is 0 Å². The molecule has 0 aliphatic heterocycles. The Balaban J connectivity index is 3.03. The standard InChI is InChI=1S/C12H19N/c1-4-10-8-7-9-12(13-6-3)11(10)5-2/h7-9,13H,4-6H2,1-3H3. The van der Waals surface area contributed by atoms with Crippen molar-refractivity contribution in [1.82, 2.24) is 0 Å². The lowest BCUT2D eigenvalue weighted by molar-refractivity contribution is 1.03. The molecule has 0 aliphatic carbocycles. The maximum absolute atomic E-state index is 3.40. The van der Waals surface area contributed by atoms with Crippen molar-refractivity contribution in [1.29, 1.82) is 0 Å². The summed E-state index contributed by atoms with van der Waals surface area (Å²) in [5.41, 5.74) is 4.26. The monoisotopic (exact) mass is 177 g/mol. The average molecular weight is 177 g/mol. The van der Waals surface area contributed by atoms with E-state index in [9.17, 15) is 0 Å². The number of anilines is 1. The first kappa shape index (κ1) is 10.1. The predicted molar refractivity (Wildman–Crippen MR) is 59.4 cm³/mol. The van der Waals surface area contributed by atoms with Crippen molar-refractivity contribution in [3.63, 3.8) is 0 Å². The van der Waals surface area contributed by atoms with Crippen molar-refractivity contribution in [2.24, 2.45) is 0 Å². The van der Waals surface area contributed by atoms with Crippen LogP contribution in [0.15, 0.2) is 18.2 Å². The Kier molecular flexibility index (Phi) is 3.81. The molecule has 0 unspecified atom stereocenters. The first-order valence-corrected chi connectivity index (χ1v) is 5.18. The van der Waals surface area contributed by atoms with Crippen molar-refractivity contribution in [2.45, 2.75) is 33.6 Å². The van der Waals surface area contributed by atoms with Gasteiger partial charge in [-0.25, -0.2) is 0 Å². The highest BCUT2D eigenvalue weighted by molar-refractivity contribution is 5.54. The molecule has 0 aromatic heterocycles. The van der Waals surface area contributed by atoms with Gasteiger partial charge in [0, 0.05) is 12.2 Å². The first-order valence-electron chi connectivity index (χ1n) is 5.18. The third kappa shape index (κ3) is 2.24. The van der Waals surface area contributed by atoms with Crippen LogP contribution >= 0.6 is 0 Å². The van der Waals surface area contributed by atoms with Crippen LogP contribution < -0.4 is 5.32 Å². The summed E-state index contributed by atoms with van der Waals surface area (Å²) in [6.45, 7) is 7.57. The molecule has 0 amide bonds. The molecule has 0 heterocycles. The zero-order valence-corrected chi connectivity index (χ0v) is 8.85. The molecule has 1 aromatic carbocycles. The highest BCUT2D eigenvalue weighted by Gasteiger charge is 2.03. The van der Waals surface area contributed by atoms with E-state index in [4.69, 9.17) is 0 Å². The third-order valence-electron chi connectivity index (χ3n) is 2.37. The molecule has 1 heteroatoms. The minimum Gasteiger partial charge on any atom is -0.385 e. The molecule has 13 heavy (non-hydrogen) atoms. The van der Waals surface area contributed by atoms with Crippen LogP contribution in [-0.2, 0) is 12.8 Å². The van der Waals surface area contributed by atoms with Gasteiger partial charge in [0.2, 0.25) is 0 Å². The summed E-state index contributed by atoms with van der Waals surface area (Å²) in [5, 5.41) is 3.40. The minimum absolute atomic E-state index is 1.00. The summed E-state index contributed by atoms with van der Waals surface area (Å²) in [6, 6.07) is 6.52. The van der Waals surface area contributed by atoms with Crippen molar-refractivity contribution in [3.8, 4) is 0 Å². The lowest BCUT2D eigenvalue weighted by Crippen LogP contribution is -2.02. The van der Waals surface area contributed by atoms with Crippen LogP contribution in [0.2, 0.25) is 0 Å². The SMILES string of the molecule is CCNc1cccc(CC)c1CC. The predicted octanol–water partition coefficient (Wildman–Crippen LogP) is 3.24. The summed E-state index contributed by atoms with van der Waals surface area (Å²) < 4.78 is 0. The maximum atomic E-state index is 3.40. The number of rotatable bonds is 4. The summed E-state index contributed by atoms with van der Waals surface area (Å²) in [7, 11) is 0. The highest BCUT2D eigenvalue weighted by atomic mass is 14.9. The topological polar surface area (TPSA) is 12.0 Å². The summed E-state index contributed by atoms with van der Waals surface area (Å²) in [5.74, 6) is 0. The van der Waals surface area contributed by atoms with Gasteiger partial charge < -0.3 is 5.32 Å². The highest BCUT2D eigenvalue weighted by Crippen LogP contribution is 2.20. The van der Waals surface area contributed by atoms with E-state index in [1.54, 1.807) is 0 Å². The fourth-order valence-corrected chi connectivity index (χ4v) is 1.74. The second kappa shape index (κ2) is 4.90. The van der Waals surface area contributed by atoms with Crippen LogP contribution in [0, 0.1) is 0 Å². The van der Waals surface area contributed by atoms with Crippen LogP contribution in [0.25, 0.3) is 0 Å². The molecule has 0 saturated heterocycles. The van der Waals surface area contributed by atoms with Crippen LogP contribution in [-0.4, -0.2) is 6.54 Å². The van der Waals surface area contributed by atoms with Crippen molar-refractivity contribution < 1.29 is 0 Å². The smallest absolute Gasteiger partial charge is 0.0375 e. The first-order chi connectivity index (χ1) is 6.33. The van der Waals surface area contributed by atoms with Gasteiger partial charge in [0.05, 0.1) is 0 Å². The Hall–Kier alpha value is -0.980. The number of nitrogens with one attached hydrogen (secondary N) is 1. The van der Waals surface area contributed by atoms with Crippen molar-refractivity contribution >= 4 is 5.69 Å². The van der Waals surface area contributed by atoms with E-state index in [-0.39, 0.29) is 0 Å². The number of aryl methyl sites for hydroxylation is 1. The van der Waals surface area contributed by atoms with Crippen LogP contribution in [0.1, 0.15) is 31.9 Å². The lowest BCUT2D eigenvalue weighted by atomic mass is 10.0. The molecule has 1 N–H and O–H groups in total. The molecule has 72 valence electrons. The molecule has 0 atom stereocenters. The Morgan fingerprint density at radius 1 is 1.08 bits per heavy atom. The third-order valence-corrected chi connectivity index (χ3v) is 2.37. The lowest BCUT2D eigenvalue weighted by Gasteiger charge is -2.12. The van der Waals surface area contributed by atoms with E-state index in [1.165, 1.54) is 16.8 Å². The molecule has 1 nitrogen and oxygen atoms in total. The van der Waals surface area contributed by atoms with Gasteiger partial charge in [-0.1, -0.05) is 26.0 Å². The van der Waals surface area contributed by atoms with Gasteiger partial charge in [-0.2, -0.15) is 0 Å². The van der Waals surface area contributed by atoms with Gasteiger partial charge in [-0.15, -0.1) is 0 Å². The summed E-state index contributed by atoms with van der Waals surface area (Å²) in [4.78, 5) is 0. The van der Waals surface area contributed by atoms with Gasteiger partial charge in [-0.3, -0.25) is 0 Å². The van der Waals surface area contributed by atoms with E-state index in [2.05, 4.69) is 44.3 Å². The van der Waals surface area contributed by atoms with E-state index >= 15 is 0 Å². The fraction of sp³-hybridized carbons (Fsp3) is 0.500. The van der Waals surface area contributed by atoms with Gasteiger partial charge in [-0.05, 0) is 37.0 Å². The second-order valence-corrected chi connectivity index (χ2v) is 3.18. The van der Waals surface area contributed by atoms with Crippen LogP contribution in [0.5, 0.6) is 0 Å². The molecular formula is C12H19N. The zero-order valence-electron chi connectivity index (χ0n) is 8.85. The van der Waals surface area contributed by atoms with E-state index in [0.29, 0.717) is 0 Å². The molecule has 0 spiro atoms. The van der Waals surface area contributed by atoms with Crippen LogP contribution in [0.3, 0.4) is 0 Å². The maximum Gasteiger partial charge on any atom is 0.0375 e. The number of hydrogen-bond donors (Lipinski definition) is 1. The van der Waals surface area contributed by atoms with Gasteiger partial charge in [0.1, 0.15) is 0 Å². The van der Waals surface area contributed by atoms with Crippen molar-refractivity contribution in [3.05, 3.63) is 29.3 Å². The van der Waals surface area contributed by atoms with E-state index in [1.807, 2.05) is 0 Å². The fourth-order valence-electron chi connectivity index (χ4n) is 1.74. The molecule has 0 aliphatic rings. The molecular weight excluding hydrogens is 158 g/mol. The number of benzene rings is 1. The Labute approximate surface area is 81.2 Å². The zero-order chi connectivity index (χ0) is 9.68. The normalized spacial score (nSPS) is 10.1. The largest absolute Gasteiger partial charge is 0.385 e. The molecule has 1 rings (SSSR count). The van der Waals surface area contributed by atoms with Crippen molar-refractivity contribution in [2.75, 3.05) is 11.9 Å². The Morgan fingerprint density at radius 3 is 2.38 bits per heavy atom. The summed E-state index contributed by atoms with van der Waals surface area (Å²) in [6.07, 6.45) is 2.24. The Bertz CT molecular complexity index is 266.